The third-order valence-corrected chi connectivity index (χ3v) is 3.94. The number of nitrogens with two attached hydrogens (primary N) is 1. The Kier molecular flexibility index (Phi) is 5.72. The van der Waals surface area contributed by atoms with Crippen LogP contribution in [0.25, 0.3) is 0 Å². The average molecular weight is 276 g/mol. The van der Waals surface area contributed by atoms with Crippen LogP contribution in [0.3, 0.4) is 0 Å². The molecule has 3 heteroatoms. The van der Waals surface area contributed by atoms with Crippen molar-refractivity contribution in [3.63, 3.8) is 0 Å². The van der Waals surface area contributed by atoms with E-state index in [9.17, 15) is 0 Å². The van der Waals surface area contributed by atoms with Crippen LogP contribution in [0.5, 0.6) is 5.75 Å². The zero-order valence-corrected chi connectivity index (χ0v) is 12.8. The fraction of sp³-hybridized carbons (Fsp3) is 0.647. The third-order valence-electron chi connectivity index (χ3n) is 3.94. The Balaban J connectivity index is 1.98. The molecule has 20 heavy (non-hydrogen) atoms. The Morgan fingerprint density at radius 3 is 2.55 bits per heavy atom. The highest BCUT2D eigenvalue weighted by Crippen LogP contribution is 2.26. The van der Waals surface area contributed by atoms with Crippen molar-refractivity contribution in [3.05, 3.63) is 24.3 Å². The van der Waals surface area contributed by atoms with Gasteiger partial charge in [-0.3, -0.25) is 0 Å². The first-order chi connectivity index (χ1) is 9.72. The number of nitrogens with zero attached hydrogens (tertiary/aromatic N) is 1. The van der Waals surface area contributed by atoms with E-state index in [2.05, 4.69) is 43.0 Å². The van der Waals surface area contributed by atoms with E-state index >= 15 is 0 Å². The van der Waals surface area contributed by atoms with E-state index in [1.807, 2.05) is 0 Å². The molecule has 1 heterocycles. The van der Waals surface area contributed by atoms with Crippen LogP contribution in [0.4, 0.5) is 5.69 Å². The van der Waals surface area contributed by atoms with Gasteiger partial charge in [0.25, 0.3) is 0 Å². The molecule has 2 rings (SSSR count). The summed E-state index contributed by atoms with van der Waals surface area (Å²) in [6, 6.07) is 8.76. The maximum Gasteiger partial charge on any atom is 0.119 e. The quantitative estimate of drug-likeness (QED) is 0.865. The van der Waals surface area contributed by atoms with Gasteiger partial charge in [0.2, 0.25) is 0 Å². The summed E-state index contributed by atoms with van der Waals surface area (Å²) in [6.45, 7) is 7.26. The van der Waals surface area contributed by atoms with E-state index in [-0.39, 0.29) is 0 Å². The van der Waals surface area contributed by atoms with Crippen molar-refractivity contribution in [1.29, 1.82) is 0 Å². The first-order valence-corrected chi connectivity index (χ1v) is 7.96. The van der Waals surface area contributed by atoms with E-state index in [4.69, 9.17) is 10.5 Å². The number of hydrogen-bond acceptors (Lipinski definition) is 3. The van der Waals surface area contributed by atoms with E-state index in [1.165, 1.54) is 24.9 Å². The van der Waals surface area contributed by atoms with Crippen LogP contribution < -0.4 is 15.4 Å². The third kappa shape index (κ3) is 4.14. The van der Waals surface area contributed by atoms with Gasteiger partial charge < -0.3 is 15.4 Å². The number of ether oxygens (including phenoxy) is 1. The first-order valence-electron chi connectivity index (χ1n) is 7.96. The van der Waals surface area contributed by atoms with E-state index in [0.717, 1.165) is 37.8 Å². The van der Waals surface area contributed by atoms with Crippen LogP contribution in [-0.2, 0) is 0 Å². The molecule has 0 aromatic heterocycles. The van der Waals surface area contributed by atoms with Crippen LogP contribution in [-0.4, -0.2) is 25.7 Å². The number of piperidine rings is 1. The molecule has 1 aromatic carbocycles. The molecule has 1 aromatic rings. The maximum atomic E-state index is 6.21. The van der Waals surface area contributed by atoms with E-state index < -0.39 is 0 Å². The minimum atomic E-state index is 0.302. The second-order valence-electron chi connectivity index (χ2n) is 5.90. The van der Waals surface area contributed by atoms with Crippen molar-refractivity contribution in [2.24, 2.45) is 11.7 Å². The van der Waals surface area contributed by atoms with Crippen molar-refractivity contribution in [1.82, 2.24) is 0 Å². The van der Waals surface area contributed by atoms with Crippen LogP contribution in [0.2, 0.25) is 0 Å². The van der Waals surface area contributed by atoms with Crippen molar-refractivity contribution < 1.29 is 4.74 Å². The first kappa shape index (κ1) is 15.2. The maximum absolute atomic E-state index is 6.21. The highest BCUT2D eigenvalue weighted by Gasteiger charge is 2.24. The molecule has 0 spiro atoms. The zero-order valence-electron chi connectivity index (χ0n) is 12.8. The van der Waals surface area contributed by atoms with Gasteiger partial charge in [0, 0.05) is 24.8 Å². The topological polar surface area (TPSA) is 38.5 Å². The molecule has 2 atom stereocenters. The van der Waals surface area contributed by atoms with Gasteiger partial charge in [-0.15, -0.1) is 0 Å². The van der Waals surface area contributed by atoms with E-state index in [1.54, 1.807) is 0 Å². The van der Waals surface area contributed by atoms with Crippen molar-refractivity contribution in [2.45, 2.75) is 45.6 Å². The second kappa shape index (κ2) is 7.53. The summed E-state index contributed by atoms with van der Waals surface area (Å²) >= 11 is 0. The van der Waals surface area contributed by atoms with Crippen molar-refractivity contribution in [2.75, 3.05) is 24.6 Å². The van der Waals surface area contributed by atoms with Crippen LogP contribution >= 0.6 is 0 Å². The summed E-state index contributed by atoms with van der Waals surface area (Å²) in [5.74, 6) is 1.70. The predicted octanol–water partition coefficient (Wildman–Crippen LogP) is 3.43. The molecule has 1 aliphatic rings. The zero-order chi connectivity index (χ0) is 14.4. The normalized spacial score (nSPS) is 22.9. The van der Waals surface area contributed by atoms with Gasteiger partial charge in [-0.25, -0.2) is 0 Å². The second-order valence-corrected chi connectivity index (χ2v) is 5.90. The molecular weight excluding hydrogens is 248 g/mol. The van der Waals surface area contributed by atoms with Crippen molar-refractivity contribution >= 4 is 5.69 Å². The Hall–Kier alpha value is -1.22. The van der Waals surface area contributed by atoms with Gasteiger partial charge in [-0.05, 0) is 49.4 Å². The molecule has 0 radical (unpaired) electrons. The summed E-state index contributed by atoms with van der Waals surface area (Å²) in [5, 5.41) is 0. The monoisotopic (exact) mass is 276 g/mol. The van der Waals surface area contributed by atoms with Crippen LogP contribution in [0, 0.1) is 5.92 Å². The van der Waals surface area contributed by atoms with Gasteiger partial charge in [-0.1, -0.05) is 20.3 Å². The number of hydrogen-bond donors (Lipinski definition) is 1. The lowest BCUT2D eigenvalue weighted by molar-refractivity contribution is 0.317. The average Bonchev–Trinajstić information content (AvgIpc) is 2.45. The fourth-order valence-electron chi connectivity index (χ4n) is 3.05. The summed E-state index contributed by atoms with van der Waals surface area (Å²) in [6.07, 6.45) is 4.74. The Morgan fingerprint density at radius 2 is 1.90 bits per heavy atom. The molecule has 112 valence electrons. The molecule has 1 aliphatic heterocycles. The molecular formula is C17H28N2O. The summed E-state index contributed by atoms with van der Waals surface area (Å²) in [4.78, 5) is 2.43. The molecule has 2 N–H and O–H groups in total. The van der Waals surface area contributed by atoms with Crippen molar-refractivity contribution in [3.8, 4) is 5.75 Å². The lowest BCUT2D eigenvalue weighted by atomic mass is 9.90. The van der Waals surface area contributed by atoms with Gasteiger partial charge >= 0.3 is 0 Å². The Labute approximate surface area is 123 Å². The molecule has 3 nitrogen and oxygen atoms in total. The molecule has 0 bridgehead atoms. The van der Waals surface area contributed by atoms with Gasteiger partial charge in [-0.2, -0.15) is 0 Å². The van der Waals surface area contributed by atoms with Gasteiger partial charge in [0.05, 0.1) is 6.61 Å². The summed E-state index contributed by atoms with van der Waals surface area (Å²) < 4.78 is 5.64. The number of anilines is 1. The van der Waals surface area contributed by atoms with Gasteiger partial charge in [0.15, 0.2) is 0 Å². The highest BCUT2D eigenvalue weighted by molar-refractivity contribution is 5.49. The fourth-order valence-corrected chi connectivity index (χ4v) is 3.05. The number of rotatable bonds is 6. The lowest BCUT2D eigenvalue weighted by Crippen LogP contribution is -2.47. The minimum absolute atomic E-state index is 0.302. The minimum Gasteiger partial charge on any atom is -0.494 e. The molecule has 0 amide bonds. The molecule has 1 saturated heterocycles. The smallest absolute Gasteiger partial charge is 0.119 e. The summed E-state index contributed by atoms with van der Waals surface area (Å²) in [5.41, 5.74) is 7.48. The predicted molar refractivity (Wildman–Crippen MR) is 85.4 cm³/mol. The number of benzene rings is 1. The largest absolute Gasteiger partial charge is 0.494 e. The highest BCUT2D eigenvalue weighted by atomic mass is 16.5. The Bertz CT molecular complexity index is 390. The van der Waals surface area contributed by atoms with Crippen LogP contribution in [0.1, 0.15) is 39.5 Å². The molecule has 1 fully saturated rings. The standard InChI is InChI=1S/C17H28N2O/c1-3-5-14-11-15(18)13-19(12-14)16-6-8-17(9-7-16)20-10-4-2/h6-9,14-15H,3-5,10-13,18H2,1-2H3. The lowest BCUT2D eigenvalue weighted by Gasteiger charge is -2.38. The molecule has 0 aliphatic carbocycles. The summed E-state index contributed by atoms with van der Waals surface area (Å²) in [7, 11) is 0. The Morgan fingerprint density at radius 1 is 1.15 bits per heavy atom. The van der Waals surface area contributed by atoms with Crippen LogP contribution in [0.15, 0.2) is 24.3 Å². The molecule has 2 unspecified atom stereocenters. The van der Waals surface area contributed by atoms with Gasteiger partial charge in [0.1, 0.15) is 5.75 Å². The molecule has 0 saturated carbocycles. The SMILES string of the molecule is CCCOc1ccc(N2CC(N)CC(CCC)C2)cc1. The van der Waals surface area contributed by atoms with E-state index in [0.29, 0.717) is 6.04 Å².